The molecular formula is C12H19BO3. The zero-order chi connectivity index (χ0) is 12.2. The molecule has 0 aromatic rings. The van der Waals surface area contributed by atoms with Crippen LogP contribution in [0, 0.1) is 12.3 Å². The summed E-state index contributed by atoms with van der Waals surface area (Å²) >= 11 is 0. The van der Waals surface area contributed by atoms with Crippen LogP contribution in [0.25, 0.3) is 0 Å². The van der Waals surface area contributed by atoms with Gasteiger partial charge in [0.25, 0.3) is 0 Å². The SMILES string of the molecule is C#CCOC/C=C/B1OC(C)(C)C(C)(C)O1. The summed E-state index contributed by atoms with van der Waals surface area (Å²) in [4.78, 5) is 0. The van der Waals surface area contributed by atoms with Crippen LogP contribution < -0.4 is 0 Å². The van der Waals surface area contributed by atoms with E-state index in [-0.39, 0.29) is 18.3 Å². The third-order valence-electron chi connectivity index (χ3n) is 2.96. The molecule has 3 nitrogen and oxygen atoms in total. The van der Waals surface area contributed by atoms with Gasteiger partial charge in [0.1, 0.15) is 6.61 Å². The second-order valence-electron chi connectivity index (χ2n) is 4.77. The molecule has 1 heterocycles. The summed E-state index contributed by atoms with van der Waals surface area (Å²) in [6.07, 6.45) is 6.92. The highest BCUT2D eigenvalue weighted by molar-refractivity contribution is 6.51. The molecule has 1 saturated heterocycles. The third kappa shape index (κ3) is 3.12. The van der Waals surface area contributed by atoms with Crippen LogP contribution in [0.1, 0.15) is 27.7 Å². The lowest BCUT2D eigenvalue weighted by molar-refractivity contribution is 0.00578. The average Bonchev–Trinajstić information content (AvgIpc) is 2.35. The van der Waals surface area contributed by atoms with Crippen LogP contribution in [0.2, 0.25) is 0 Å². The molecule has 1 aliphatic heterocycles. The van der Waals surface area contributed by atoms with Crippen molar-refractivity contribution in [1.82, 2.24) is 0 Å². The largest absolute Gasteiger partial charge is 0.486 e. The number of rotatable bonds is 4. The molecule has 0 spiro atoms. The van der Waals surface area contributed by atoms with Crippen LogP contribution in [0.4, 0.5) is 0 Å². The third-order valence-corrected chi connectivity index (χ3v) is 2.96. The summed E-state index contributed by atoms with van der Waals surface area (Å²) in [5.41, 5.74) is -0.580. The van der Waals surface area contributed by atoms with Gasteiger partial charge in [-0.15, -0.1) is 6.42 Å². The van der Waals surface area contributed by atoms with E-state index in [0.717, 1.165) is 0 Å². The molecule has 88 valence electrons. The van der Waals surface area contributed by atoms with E-state index in [9.17, 15) is 0 Å². The van der Waals surface area contributed by atoms with Crippen LogP contribution in [-0.4, -0.2) is 31.5 Å². The first-order chi connectivity index (χ1) is 7.39. The van der Waals surface area contributed by atoms with Crippen LogP contribution >= 0.6 is 0 Å². The van der Waals surface area contributed by atoms with Gasteiger partial charge in [-0.05, 0) is 27.7 Å². The minimum Gasteiger partial charge on any atom is -0.400 e. The van der Waals surface area contributed by atoms with Crippen LogP contribution in [0.5, 0.6) is 0 Å². The Morgan fingerprint density at radius 2 is 1.81 bits per heavy atom. The maximum Gasteiger partial charge on any atom is 0.486 e. The summed E-state index contributed by atoms with van der Waals surface area (Å²) in [7, 11) is -0.306. The van der Waals surface area contributed by atoms with Gasteiger partial charge in [-0.1, -0.05) is 18.0 Å². The Balaban J connectivity index is 2.39. The maximum absolute atomic E-state index is 5.77. The zero-order valence-corrected chi connectivity index (χ0v) is 10.4. The van der Waals surface area contributed by atoms with Crippen molar-refractivity contribution in [2.24, 2.45) is 0 Å². The number of hydrogen-bond acceptors (Lipinski definition) is 3. The molecule has 0 amide bonds. The van der Waals surface area contributed by atoms with Gasteiger partial charge in [0.05, 0.1) is 17.8 Å². The van der Waals surface area contributed by atoms with Crippen LogP contribution in [-0.2, 0) is 14.0 Å². The van der Waals surface area contributed by atoms with Crippen molar-refractivity contribution in [2.45, 2.75) is 38.9 Å². The van der Waals surface area contributed by atoms with E-state index in [0.29, 0.717) is 13.2 Å². The first-order valence-electron chi connectivity index (χ1n) is 5.42. The van der Waals surface area contributed by atoms with E-state index < -0.39 is 0 Å². The fourth-order valence-corrected chi connectivity index (χ4v) is 1.32. The lowest BCUT2D eigenvalue weighted by atomic mass is 9.90. The molecule has 0 saturated carbocycles. The monoisotopic (exact) mass is 222 g/mol. The minimum atomic E-state index is -0.306. The van der Waals surface area contributed by atoms with Gasteiger partial charge in [-0.3, -0.25) is 0 Å². The molecule has 4 heteroatoms. The average molecular weight is 222 g/mol. The molecule has 0 aliphatic carbocycles. The van der Waals surface area contributed by atoms with E-state index >= 15 is 0 Å². The Labute approximate surface area is 98.3 Å². The minimum absolute atomic E-state index is 0.290. The number of terminal acetylenes is 1. The Morgan fingerprint density at radius 3 is 2.31 bits per heavy atom. The Morgan fingerprint density at radius 1 is 1.25 bits per heavy atom. The van der Waals surface area contributed by atoms with Crippen molar-refractivity contribution in [1.29, 1.82) is 0 Å². The quantitative estimate of drug-likeness (QED) is 0.412. The summed E-state index contributed by atoms with van der Waals surface area (Å²) in [6, 6.07) is 0. The molecule has 1 aliphatic rings. The lowest BCUT2D eigenvalue weighted by Gasteiger charge is -2.32. The molecule has 0 atom stereocenters. The summed E-state index contributed by atoms with van der Waals surface area (Å²) in [5.74, 6) is 4.26. The Hall–Kier alpha value is -0.755. The van der Waals surface area contributed by atoms with E-state index in [1.165, 1.54) is 0 Å². The van der Waals surface area contributed by atoms with E-state index in [4.69, 9.17) is 20.5 Å². The van der Waals surface area contributed by atoms with Crippen LogP contribution in [0.15, 0.2) is 12.1 Å². The highest BCUT2D eigenvalue weighted by Gasteiger charge is 2.49. The van der Waals surface area contributed by atoms with Crippen molar-refractivity contribution >= 4 is 7.12 Å². The second kappa shape index (κ2) is 5.05. The summed E-state index contributed by atoms with van der Waals surface area (Å²) < 4.78 is 16.6. The molecule has 0 aromatic heterocycles. The second-order valence-corrected chi connectivity index (χ2v) is 4.77. The van der Waals surface area contributed by atoms with Gasteiger partial charge in [0.2, 0.25) is 0 Å². The van der Waals surface area contributed by atoms with Crippen molar-refractivity contribution in [3.05, 3.63) is 12.1 Å². The van der Waals surface area contributed by atoms with Gasteiger partial charge >= 0.3 is 7.12 Å². The zero-order valence-electron chi connectivity index (χ0n) is 10.4. The molecule has 0 N–H and O–H groups in total. The van der Waals surface area contributed by atoms with Crippen molar-refractivity contribution in [3.63, 3.8) is 0 Å². The topological polar surface area (TPSA) is 27.7 Å². The Kier molecular flexibility index (Phi) is 4.20. The van der Waals surface area contributed by atoms with Gasteiger partial charge in [-0.2, -0.15) is 0 Å². The molecule has 16 heavy (non-hydrogen) atoms. The fraction of sp³-hybridized carbons (Fsp3) is 0.667. The first kappa shape index (κ1) is 13.3. The van der Waals surface area contributed by atoms with Crippen molar-refractivity contribution < 1.29 is 14.0 Å². The van der Waals surface area contributed by atoms with Gasteiger partial charge in [0.15, 0.2) is 0 Å². The standard InChI is InChI=1S/C12H19BO3/c1-6-9-14-10-7-8-13-15-11(2,3)12(4,5)16-13/h1,7-8H,9-10H2,2-5H3/b8-7+. The van der Waals surface area contributed by atoms with Crippen LogP contribution in [0.3, 0.4) is 0 Å². The van der Waals surface area contributed by atoms with Gasteiger partial charge in [0, 0.05) is 0 Å². The smallest absolute Gasteiger partial charge is 0.400 e. The fourth-order valence-electron chi connectivity index (χ4n) is 1.32. The molecule has 0 aromatic carbocycles. The summed E-state index contributed by atoms with van der Waals surface area (Å²) in [5, 5.41) is 0. The number of hydrogen-bond donors (Lipinski definition) is 0. The number of ether oxygens (including phenoxy) is 1. The first-order valence-corrected chi connectivity index (χ1v) is 5.42. The van der Waals surface area contributed by atoms with Crippen molar-refractivity contribution in [3.8, 4) is 12.3 Å². The highest BCUT2D eigenvalue weighted by Crippen LogP contribution is 2.36. The van der Waals surface area contributed by atoms with Gasteiger partial charge < -0.3 is 14.0 Å². The normalized spacial score (nSPS) is 22.6. The van der Waals surface area contributed by atoms with E-state index in [1.54, 1.807) is 0 Å². The molecule has 0 unspecified atom stereocenters. The van der Waals surface area contributed by atoms with Crippen molar-refractivity contribution in [2.75, 3.05) is 13.2 Å². The molecule has 0 bridgehead atoms. The lowest BCUT2D eigenvalue weighted by Crippen LogP contribution is -2.41. The predicted molar refractivity (Wildman–Crippen MR) is 64.9 cm³/mol. The molecular weight excluding hydrogens is 203 g/mol. The maximum atomic E-state index is 5.77. The van der Waals surface area contributed by atoms with E-state index in [2.05, 4.69) is 5.92 Å². The molecule has 1 rings (SSSR count). The molecule has 0 radical (unpaired) electrons. The van der Waals surface area contributed by atoms with Gasteiger partial charge in [-0.25, -0.2) is 0 Å². The highest BCUT2D eigenvalue weighted by atomic mass is 16.7. The summed E-state index contributed by atoms with van der Waals surface area (Å²) in [6.45, 7) is 8.90. The Bertz CT molecular complexity index is 286. The molecule has 1 fully saturated rings. The van der Waals surface area contributed by atoms with E-state index in [1.807, 2.05) is 39.7 Å². The predicted octanol–water partition coefficient (Wildman–Crippen LogP) is 1.82.